The van der Waals surface area contributed by atoms with Crippen LogP contribution in [-0.4, -0.2) is 37.4 Å². The second-order valence-electron chi connectivity index (χ2n) is 5.66. The van der Waals surface area contributed by atoms with Crippen molar-refractivity contribution in [3.8, 4) is 0 Å². The van der Waals surface area contributed by atoms with Gasteiger partial charge in [0, 0.05) is 26.3 Å². The molecule has 0 fully saturated rings. The van der Waals surface area contributed by atoms with E-state index >= 15 is 0 Å². The summed E-state index contributed by atoms with van der Waals surface area (Å²) in [5, 5.41) is 10.3. The highest BCUT2D eigenvalue weighted by Gasteiger charge is 2.24. The second-order valence-corrected chi connectivity index (χ2v) is 5.66. The lowest BCUT2D eigenvalue weighted by molar-refractivity contribution is 0.0205. The van der Waals surface area contributed by atoms with Gasteiger partial charge in [0.1, 0.15) is 12.0 Å². The number of aliphatic imine (C=N–C) groups is 1. The Labute approximate surface area is 144 Å². The molecule has 1 rings (SSSR count). The van der Waals surface area contributed by atoms with Crippen LogP contribution >= 0.6 is 24.0 Å². The first-order valence-electron chi connectivity index (χ1n) is 6.91. The van der Waals surface area contributed by atoms with Crippen LogP contribution in [0.15, 0.2) is 21.8 Å². The molecule has 1 aromatic heterocycles. The Bertz CT molecular complexity index is 402. The number of rotatable bonds is 6. The van der Waals surface area contributed by atoms with Crippen molar-refractivity contribution >= 4 is 29.9 Å². The lowest BCUT2D eigenvalue weighted by Gasteiger charge is -2.30. The van der Waals surface area contributed by atoms with Gasteiger partial charge in [0.25, 0.3) is 0 Å². The summed E-state index contributed by atoms with van der Waals surface area (Å²) in [5.74, 6) is 0.752. The van der Waals surface area contributed by atoms with Crippen molar-refractivity contribution in [3.63, 3.8) is 0 Å². The van der Waals surface area contributed by atoms with Crippen molar-refractivity contribution < 1.29 is 9.26 Å². The van der Waals surface area contributed by atoms with Crippen molar-refractivity contribution in [1.29, 1.82) is 0 Å². The van der Waals surface area contributed by atoms with E-state index in [1.165, 1.54) is 0 Å². The molecule has 0 aromatic carbocycles. The molecule has 0 amide bonds. The summed E-state index contributed by atoms with van der Waals surface area (Å²) in [5.41, 5.74) is 0.881. The zero-order chi connectivity index (χ0) is 15.0. The van der Waals surface area contributed by atoms with Crippen molar-refractivity contribution in [1.82, 2.24) is 15.8 Å². The van der Waals surface area contributed by atoms with Gasteiger partial charge in [0.05, 0.1) is 12.6 Å². The van der Waals surface area contributed by atoms with Gasteiger partial charge in [-0.3, -0.25) is 0 Å². The van der Waals surface area contributed by atoms with E-state index in [0.29, 0.717) is 13.1 Å². The average Bonchev–Trinajstić information content (AvgIpc) is 2.88. The topological polar surface area (TPSA) is 71.7 Å². The van der Waals surface area contributed by atoms with Crippen LogP contribution in [-0.2, 0) is 11.3 Å². The minimum Gasteiger partial charge on any atom is -0.379 e. The zero-order valence-corrected chi connectivity index (χ0v) is 15.8. The van der Waals surface area contributed by atoms with Gasteiger partial charge in [0.15, 0.2) is 5.96 Å². The van der Waals surface area contributed by atoms with E-state index in [-0.39, 0.29) is 35.5 Å². The molecular weight excluding hydrogens is 383 g/mol. The molecule has 0 aliphatic rings. The van der Waals surface area contributed by atoms with E-state index < -0.39 is 0 Å². The summed E-state index contributed by atoms with van der Waals surface area (Å²) in [4.78, 5) is 4.46. The number of methoxy groups -OCH3 is 1. The Morgan fingerprint density at radius 2 is 2.14 bits per heavy atom. The van der Waals surface area contributed by atoms with Gasteiger partial charge in [0.2, 0.25) is 0 Å². The summed E-state index contributed by atoms with van der Waals surface area (Å²) >= 11 is 0. The molecule has 21 heavy (non-hydrogen) atoms. The molecule has 0 aliphatic carbocycles. The molecule has 7 heteroatoms. The first-order valence-corrected chi connectivity index (χ1v) is 6.91. The number of halogens is 1. The van der Waals surface area contributed by atoms with Crippen molar-refractivity contribution in [2.45, 2.75) is 40.3 Å². The summed E-state index contributed by atoms with van der Waals surface area (Å²) in [7, 11) is 1.73. The molecule has 1 heterocycles. The fraction of sp³-hybridized carbons (Fsp3) is 0.714. The SMILES string of the molecule is CCNC(=NCc1ccon1)NCC(OC)C(C)(C)C.I. The van der Waals surface area contributed by atoms with Gasteiger partial charge in [-0.2, -0.15) is 0 Å². The molecule has 1 unspecified atom stereocenters. The molecule has 0 saturated heterocycles. The molecule has 0 bridgehead atoms. The van der Waals surface area contributed by atoms with Gasteiger partial charge in [-0.25, -0.2) is 4.99 Å². The highest BCUT2D eigenvalue weighted by molar-refractivity contribution is 14.0. The Kier molecular flexibility index (Phi) is 9.60. The van der Waals surface area contributed by atoms with Gasteiger partial charge in [-0.1, -0.05) is 25.9 Å². The maximum absolute atomic E-state index is 5.52. The maximum Gasteiger partial charge on any atom is 0.191 e. The molecule has 0 aliphatic heterocycles. The van der Waals surface area contributed by atoms with E-state index in [9.17, 15) is 0 Å². The molecule has 0 spiro atoms. The predicted molar refractivity (Wildman–Crippen MR) is 95.0 cm³/mol. The highest BCUT2D eigenvalue weighted by atomic mass is 127. The van der Waals surface area contributed by atoms with Crippen molar-refractivity contribution in [3.05, 3.63) is 18.0 Å². The minimum absolute atomic E-state index is 0. The predicted octanol–water partition coefficient (Wildman–Crippen LogP) is 2.41. The van der Waals surface area contributed by atoms with Crippen molar-refractivity contribution in [2.75, 3.05) is 20.2 Å². The average molecular weight is 410 g/mol. The van der Waals surface area contributed by atoms with Gasteiger partial charge in [-0.05, 0) is 12.3 Å². The molecule has 0 radical (unpaired) electrons. The van der Waals surface area contributed by atoms with Crippen LogP contribution in [0.1, 0.15) is 33.4 Å². The molecule has 122 valence electrons. The van der Waals surface area contributed by atoms with Crippen molar-refractivity contribution in [2.24, 2.45) is 10.4 Å². The van der Waals surface area contributed by atoms with Gasteiger partial charge in [-0.15, -0.1) is 24.0 Å². The number of ether oxygens (including phenoxy) is 1. The van der Waals surface area contributed by atoms with Crippen LogP contribution in [0.4, 0.5) is 0 Å². The number of hydrogen-bond acceptors (Lipinski definition) is 4. The highest BCUT2D eigenvalue weighted by Crippen LogP contribution is 2.20. The first kappa shape index (κ1) is 20.2. The number of nitrogens with zero attached hydrogens (tertiary/aromatic N) is 2. The Hall–Kier alpha value is -0.830. The Morgan fingerprint density at radius 1 is 1.43 bits per heavy atom. The molecular formula is C14H27IN4O2. The van der Waals surface area contributed by atoms with E-state index in [0.717, 1.165) is 18.2 Å². The normalized spacial score (nSPS) is 13.5. The summed E-state index contributed by atoms with van der Waals surface area (Å²) in [6.45, 7) is 10.5. The van der Waals surface area contributed by atoms with Crippen LogP contribution in [0, 0.1) is 5.41 Å². The maximum atomic E-state index is 5.52. The van der Waals surface area contributed by atoms with Crippen LogP contribution in [0.3, 0.4) is 0 Å². The smallest absolute Gasteiger partial charge is 0.191 e. The molecule has 1 aromatic rings. The molecule has 6 nitrogen and oxygen atoms in total. The van der Waals surface area contributed by atoms with Crippen LogP contribution in [0.25, 0.3) is 0 Å². The molecule has 0 saturated carbocycles. The monoisotopic (exact) mass is 410 g/mol. The third-order valence-corrected chi connectivity index (χ3v) is 2.94. The van der Waals surface area contributed by atoms with Gasteiger partial charge < -0.3 is 19.9 Å². The van der Waals surface area contributed by atoms with Crippen LogP contribution < -0.4 is 10.6 Å². The fourth-order valence-electron chi connectivity index (χ4n) is 1.75. The zero-order valence-electron chi connectivity index (χ0n) is 13.5. The quantitative estimate of drug-likeness (QED) is 0.428. The lowest BCUT2D eigenvalue weighted by Crippen LogP contribution is -2.45. The number of aromatic nitrogens is 1. The van der Waals surface area contributed by atoms with Gasteiger partial charge >= 0.3 is 0 Å². The van der Waals surface area contributed by atoms with Crippen LogP contribution in [0.5, 0.6) is 0 Å². The third-order valence-electron chi connectivity index (χ3n) is 2.94. The summed E-state index contributed by atoms with van der Waals surface area (Å²) in [6, 6.07) is 1.81. The first-order chi connectivity index (χ1) is 9.47. The van der Waals surface area contributed by atoms with E-state index in [1.807, 2.05) is 6.92 Å². The van der Waals surface area contributed by atoms with E-state index in [4.69, 9.17) is 9.26 Å². The second kappa shape index (κ2) is 9.99. The minimum atomic E-state index is 0. The summed E-state index contributed by atoms with van der Waals surface area (Å²) in [6.07, 6.45) is 1.66. The fourth-order valence-corrected chi connectivity index (χ4v) is 1.75. The lowest BCUT2D eigenvalue weighted by atomic mass is 9.89. The molecule has 1 atom stereocenters. The Balaban J connectivity index is 0.00000400. The number of hydrogen-bond donors (Lipinski definition) is 2. The van der Waals surface area contributed by atoms with E-state index in [2.05, 4.69) is 41.6 Å². The Morgan fingerprint density at radius 3 is 2.62 bits per heavy atom. The largest absolute Gasteiger partial charge is 0.379 e. The van der Waals surface area contributed by atoms with Crippen LogP contribution in [0.2, 0.25) is 0 Å². The van der Waals surface area contributed by atoms with E-state index in [1.54, 1.807) is 19.4 Å². The molecule has 2 N–H and O–H groups in total. The number of nitrogens with one attached hydrogen (secondary N) is 2. The third kappa shape index (κ3) is 7.66. The summed E-state index contributed by atoms with van der Waals surface area (Å²) < 4.78 is 10.3. The standard InChI is InChI=1S/C14H26N4O2.HI/c1-6-15-13(16-9-11-7-8-20-18-11)17-10-12(19-5)14(2,3)4;/h7-8,12H,6,9-10H2,1-5H3,(H2,15,16,17);1H. The number of guanidine groups is 1.